The van der Waals surface area contributed by atoms with Crippen LogP contribution >= 0.6 is 11.6 Å². The minimum absolute atomic E-state index is 0.0370. The van der Waals surface area contributed by atoms with Gasteiger partial charge in [0.1, 0.15) is 0 Å². The molecule has 0 atom stereocenters. The largest absolute Gasteiger partial charge is 0.345 e. The zero-order valence-corrected chi connectivity index (χ0v) is 12.7. The molecule has 2 N–H and O–H groups in total. The summed E-state index contributed by atoms with van der Waals surface area (Å²) in [5.41, 5.74) is 6.78. The number of amides is 1. The molecular weight excluding hydrogens is 260 g/mol. The summed E-state index contributed by atoms with van der Waals surface area (Å²) in [6.07, 6.45) is 1.25. The van der Waals surface area contributed by atoms with Gasteiger partial charge in [0.05, 0.1) is 0 Å². The maximum Gasteiger partial charge on any atom is 0.222 e. The second kappa shape index (κ2) is 6.92. The van der Waals surface area contributed by atoms with E-state index in [0.29, 0.717) is 19.5 Å². The number of benzene rings is 1. The molecule has 0 bridgehead atoms. The predicted molar refractivity (Wildman–Crippen MR) is 80.2 cm³/mol. The van der Waals surface area contributed by atoms with Crippen LogP contribution in [0.5, 0.6) is 0 Å². The minimum Gasteiger partial charge on any atom is -0.345 e. The van der Waals surface area contributed by atoms with Crippen molar-refractivity contribution in [2.45, 2.75) is 26.7 Å². The Morgan fingerprint density at radius 3 is 2.42 bits per heavy atom. The molecule has 0 radical (unpaired) electrons. The van der Waals surface area contributed by atoms with E-state index in [9.17, 15) is 4.79 Å². The smallest absolute Gasteiger partial charge is 0.222 e. The lowest BCUT2D eigenvalue weighted by Crippen LogP contribution is -2.39. The minimum atomic E-state index is -0.0370. The van der Waals surface area contributed by atoms with E-state index in [-0.39, 0.29) is 11.3 Å². The van der Waals surface area contributed by atoms with Crippen molar-refractivity contribution in [1.29, 1.82) is 0 Å². The van der Waals surface area contributed by atoms with E-state index in [0.717, 1.165) is 17.0 Å². The van der Waals surface area contributed by atoms with Crippen molar-refractivity contribution < 1.29 is 4.79 Å². The van der Waals surface area contributed by atoms with Gasteiger partial charge in [-0.3, -0.25) is 4.79 Å². The molecule has 0 saturated heterocycles. The lowest BCUT2D eigenvalue weighted by molar-refractivity contribution is -0.131. The second-order valence-electron chi connectivity index (χ2n) is 5.74. The average molecular weight is 283 g/mol. The summed E-state index contributed by atoms with van der Waals surface area (Å²) in [5, 5.41) is 0.719. The van der Waals surface area contributed by atoms with E-state index in [1.165, 1.54) is 0 Å². The van der Waals surface area contributed by atoms with Crippen LogP contribution in [-0.2, 0) is 11.2 Å². The second-order valence-corrected chi connectivity index (χ2v) is 6.18. The molecule has 0 saturated carbocycles. The van der Waals surface area contributed by atoms with Gasteiger partial charge in [-0.2, -0.15) is 0 Å². The summed E-state index contributed by atoms with van der Waals surface area (Å²) in [7, 11) is 1.83. The van der Waals surface area contributed by atoms with Crippen LogP contribution in [0.25, 0.3) is 0 Å². The van der Waals surface area contributed by atoms with Crippen LogP contribution in [-0.4, -0.2) is 30.9 Å². The summed E-state index contributed by atoms with van der Waals surface area (Å²) in [6, 6.07) is 7.62. The van der Waals surface area contributed by atoms with Crippen LogP contribution in [0.15, 0.2) is 24.3 Å². The SMILES string of the molecule is CN(CC(C)(C)CN)C(=O)CCc1ccc(Cl)cc1. The van der Waals surface area contributed by atoms with Crippen molar-refractivity contribution in [3.05, 3.63) is 34.9 Å². The summed E-state index contributed by atoms with van der Waals surface area (Å²) in [5.74, 6) is 0.150. The highest BCUT2D eigenvalue weighted by Gasteiger charge is 2.20. The first-order valence-electron chi connectivity index (χ1n) is 6.52. The predicted octanol–water partition coefficient (Wildman–Crippen LogP) is 2.72. The highest BCUT2D eigenvalue weighted by atomic mass is 35.5. The summed E-state index contributed by atoms with van der Waals surface area (Å²) < 4.78 is 0. The van der Waals surface area contributed by atoms with Gasteiger partial charge in [-0.25, -0.2) is 0 Å². The standard InChI is InChI=1S/C15H23ClN2O/c1-15(2,10-17)11-18(3)14(19)9-6-12-4-7-13(16)8-5-12/h4-5,7-8H,6,9-11,17H2,1-3H3. The zero-order valence-electron chi connectivity index (χ0n) is 11.9. The van der Waals surface area contributed by atoms with Crippen LogP contribution in [0.3, 0.4) is 0 Å². The van der Waals surface area contributed by atoms with Crippen molar-refractivity contribution >= 4 is 17.5 Å². The number of hydrogen-bond acceptors (Lipinski definition) is 2. The molecule has 19 heavy (non-hydrogen) atoms. The fourth-order valence-corrected chi connectivity index (χ4v) is 2.01. The Labute approximate surface area is 120 Å². The molecule has 1 rings (SSSR count). The average Bonchev–Trinajstić information content (AvgIpc) is 2.37. The van der Waals surface area contributed by atoms with Crippen molar-refractivity contribution in [3.63, 3.8) is 0 Å². The molecule has 0 heterocycles. The molecule has 0 unspecified atom stereocenters. The van der Waals surface area contributed by atoms with Crippen LogP contribution in [0, 0.1) is 5.41 Å². The normalized spacial score (nSPS) is 11.4. The van der Waals surface area contributed by atoms with Gasteiger partial charge < -0.3 is 10.6 Å². The Kier molecular flexibility index (Phi) is 5.83. The van der Waals surface area contributed by atoms with Crippen LogP contribution < -0.4 is 5.73 Å². The van der Waals surface area contributed by atoms with Gasteiger partial charge in [0.15, 0.2) is 0 Å². The van der Waals surface area contributed by atoms with Crippen molar-refractivity contribution in [1.82, 2.24) is 4.90 Å². The number of rotatable bonds is 6. The molecule has 3 nitrogen and oxygen atoms in total. The maximum absolute atomic E-state index is 12.0. The Balaban J connectivity index is 2.44. The van der Waals surface area contributed by atoms with E-state index in [4.69, 9.17) is 17.3 Å². The summed E-state index contributed by atoms with van der Waals surface area (Å²) in [4.78, 5) is 13.8. The number of hydrogen-bond donors (Lipinski definition) is 1. The monoisotopic (exact) mass is 282 g/mol. The van der Waals surface area contributed by atoms with Gasteiger partial charge in [0, 0.05) is 25.0 Å². The van der Waals surface area contributed by atoms with Crippen LogP contribution in [0.4, 0.5) is 0 Å². The highest BCUT2D eigenvalue weighted by Crippen LogP contribution is 2.15. The van der Waals surface area contributed by atoms with Crippen molar-refractivity contribution in [2.24, 2.45) is 11.1 Å². The Morgan fingerprint density at radius 1 is 1.32 bits per heavy atom. The third-order valence-corrected chi connectivity index (χ3v) is 3.44. The van der Waals surface area contributed by atoms with Crippen molar-refractivity contribution in [3.8, 4) is 0 Å². The highest BCUT2D eigenvalue weighted by molar-refractivity contribution is 6.30. The molecule has 1 amide bonds. The van der Waals surface area contributed by atoms with Gasteiger partial charge in [0.2, 0.25) is 5.91 Å². The molecule has 0 aliphatic heterocycles. The molecule has 1 aromatic carbocycles. The third-order valence-electron chi connectivity index (χ3n) is 3.18. The van der Waals surface area contributed by atoms with Gasteiger partial charge in [-0.05, 0) is 36.1 Å². The molecular formula is C15H23ClN2O. The maximum atomic E-state index is 12.0. The molecule has 0 spiro atoms. The molecule has 0 fully saturated rings. The number of nitrogens with two attached hydrogens (primary N) is 1. The number of aryl methyl sites for hydroxylation is 1. The van der Waals surface area contributed by atoms with E-state index < -0.39 is 0 Å². The van der Waals surface area contributed by atoms with Gasteiger partial charge in [0.25, 0.3) is 0 Å². The van der Waals surface area contributed by atoms with Crippen LogP contribution in [0.2, 0.25) is 5.02 Å². The third kappa shape index (κ3) is 5.62. The summed E-state index contributed by atoms with van der Waals surface area (Å²) in [6.45, 7) is 5.39. The number of halogens is 1. The Morgan fingerprint density at radius 2 is 1.89 bits per heavy atom. The number of carbonyl (C=O) groups is 1. The molecule has 0 aliphatic carbocycles. The zero-order chi connectivity index (χ0) is 14.5. The first kappa shape index (κ1) is 16.0. The lowest BCUT2D eigenvalue weighted by atomic mass is 9.93. The number of nitrogens with zero attached hydrogens (tertiary/aromatic N) is 1. The first-order valence-corrected chi connectivity index (χ1v) is 6.90. The molecule has 106 valence electrons. The topological polar surface area (TPSA) is 46.3 Å². The molecule has 1 aromatic rings. The van der Waals surface area contributed by atoms with E-state index in [2.05, 4.69) is 13.8 Å². The quantitative estimate of drug-likeness (QED) is 0.872. The van der Waals surface area contributed by atoms with Gasteiger partial charge >= 0.3 is 0 Å². The lowest BCUT2D eigenvalue weighted by Gasteiger charge is -2.29. The van der Waals surface area contributed by atoms with E-state index in [1.807, 2.05) is 31.3 Å². The van der Waals surface area contributed by atoms with Gasteiger partial charge in [-0.15, -0.1) is 0 Å². The molecule has 0 aliphatic rings. The fourth-order valence-electron chi connectivity index (χ4n) is 1.89. The van der Waals surface area contributed by atoms with Gasteiger partial charge in [-0.1, -0.05) is 37.6 Å². The van der Waals surface area contributed by atoms with Crippen molar-refractivity contribution in [2.75, 3.05) is 20.1 Å². The van der Waals surface area contributed by atoms with E-state index >= 15 is 0 Å². The number of carbonyl (C=O) groups excluding carboxylic acids is 1. The Bertz CT molecular complexity index is 415. The van der Waals surface area contributed by atoms with E-state index in [1.54, 1.807) is 4.90 Å². The first-order chi connectivity index (χ1) is 8.84. The Hall–Kier alpha value is -1.06. The fraction of sp³-hybridized carbons (Fsp3) is 0.533. The summed E-state index contributed by atoms with van der Waals surface area (Å²) >= 11 is 5.83. The molecule has 0 aromatic heterocycles. The molecule has 4 heteroatoms. The van der Waals surface area contributed by atoms with Crippen LogP contribution in [0.1, 0.15) is 25.8 Å².